The summed E-state index contributed by atoms with van der Waals surface area (Å²) in [5.74, 6) is -0.633. The Bertz CT molecular complexity index is 432. The molecule has 0 aliphatic carbocycles. The first-order valence-corrected chi connectivity index (χ1v) is 6.68. The van der Waals surface area contributed by atoms with Gasteiger partial charge in [-0.15, -0.1) is 0 Å². The fraction of sp³-hybridized carbons (Fsp3) is 0.571. The summed E-state index contributed by atoms with van der Waals surface area (Å²) in [5.41, 5.74) is 0. The number of carbonyl (C=O) groups is 2. The molecule has 1 atom stereocenters. The number of aliphatic carboxylic acids is 1. The maximum atomic E-state index is 12.3. The van der Waals surface area contributed by atoms with E-state index in [0.717, 1.165) is 0 Å². The minimum Gasteiger partial charge on any atom is -0.481 e. The van der Waals surface area contributed by atoms with Gasteiger partial charge in [0.05, 0.1) is 18.2 Å². The van der Waals surface area contributed by atoms with Crippen LogP contribution in [0.2, 0.25) is 0 Å². The Morgan fingerprint density at radius 2 is 2.16 bits per heavy atom. The molecule has 19 heavy (non-hydrogen) atoms. The van der Waals surface area contributed by atoms with Gasteiger partial charge in [-0.25, -0.2) is 0 Å². The average Bonchev–Trinajstić information content (AvgIpc) is 2.94. The highest BCUT2D eigenvalue weighted by molar-refractivity contribution is 5.97. The van der Waals surface area contributed by atoms with Gasteiger partial charge in [-0.3, -0.25) is 14.5 Å². The van der Waals surface area contributed by atoms with Crippen molar-refractivity contribution in [2.24, 2.45) is 5.92 Å². The van der Waals surface area contributed by atoms with Crippen LogP contribution >= 0.6 is 0 Å². The first-order valence-electron chi connectivity index (χ1n) is 6.68. The molecular formula is C14H19NO4. The molecule has 104 valence electrons. The molecule has 0 bridgehead atoms. The number of piperidine rings is 1. The van der Waals surface area contributed by atoms with E-state index in [1.54, 1.807) is 12.1 Å². The van der Waals surface area contributed by atoms with E-state index in [4.69, 9.17) is 9.52 Å². The Kier molecular flexibility index (Phi) is 4.37. The fourth-order valence-corrected chi connectivity index (χ4v) is 2.65. The second-order valence-corrected chi connectivity index (χ2v) is 4.91. The quantitative estimate of drug-likeness (QED) is 0.825. The second kappa shape index (κ2) is 6.02. The number of carbonyl (C=O) groups excluding carboxylic acids is 1. The zero-order valence-electron chi connectivity index (χ0n) is 11.0. The van der Waals surface area contributed by atoms with E-state index in [0.29, 0.717) is 38.1 Å². The molecule has 0 aromatic carbocycles. The van der Waals surface area contributed by atoms with Crippen LogP contribution in [-0.4, -0.2) is 40.9 Å². The number of furan rings is 1. The summed E-state index contributed by atoms with van der Waals surface area (Å²) < 4.78 is 5.16. The lowest BCUT2D eigenvalue weighted by molar-refractivity contribution is -0.143. The second-order valence-electron chi connectivity index (χ2n) is 4.91. The maximum absolute atomic E-state index is 12.3. The van der Waals surface area contributed by atoms with Crippen LogP contribution in [-0.2, 0) is 4.79 Å². The fourth-order valence-electron chi connectivity index (χ4n) is 2.65. The van der Waals surface area contributed by atoms with Gasteiger partial charge in [0.2, 0.25) is 5.78 Å². The van der Waals surface area contributed by atoms with E-state index >= 15 is 0 Å². The van der Waals surface area contributed by atoms with Gasteiger partial charge in [-0.05, 0) is 44.5 Å². The van der Waals surface area contributed by atoms with Crippen LogP contribution in [0.3, 0.4) is 0 Å². The lowest BCUT2D eigenvalue weighted by Gasteiger charge is -2.34. The minimum absolute atomic E-state index is 0.0127. The molecule has 2 heterocycles. The highest BCUT2D eigenvalue weighted by atomic mass is 16.4. The molecule has 1 aliphatic heterocycles. The molecule has 1 unspecified atom stereocenters. The van der Waals surface area contributed by atoms with Crippen molar-refractivity contribution < 1.29 is 19.1 Å². The zero-order valence-corrected chi connectivity index (χ0v) is 11.0. The van der Waals surface area contributed by atoms with Crippen molar-refractivity contribution in [1.82, 2.24) is 4.90 Å². The number of hydrogen-bond acceptors (Lipinski definition) is 4. The molecule has 1 N–H and O–H groups in total. The van der Waals surface area contributed by atoms with Crippen molar-refractivity contribution in [3.05, 3.63) is 24.2 Å². The Labute approximate surface area is 112 Å². The Balaban J connectivity index is 2.00. The molecule has 2 rings (SSSR count). The number of carboxylic acids is 1. The summed E-state index contributed by atoms with van der Waals surface area (Å²) in [6.45, 7) is 3.28. The van der Waals surface area contributed by atoms with Crippen LogP contribution in [0.4, 0.5) is 0 Å². The van der Waals surface area contributed by atoms with Gasteiger partial charge in [0.1, 0.15) is 0 Å². The Morgan fingerprint density at radius 3 is 2.63 bits per heavy atom. The van der Waals surface area contributed by atoms with Crippen molar-refractivity contribution in [1.29, 1.82) is 0 Å². The van der Waals surface area contributed by atoms with E-state index in [9.17, 15) is 9.59 Å². The van der Waals surface area contributed by atoms with Crippen LogP contribution in [0, 0.1) is 5.92 Å². The Hall–Kier alpha value is -1.62. The van der Waals surface area contributed by atoms with Gasteiger partial charge in [0, 0.05) is 0 Å². The Morgan fingerprint density at radius 1 is 1.47 bits per heavy atom. The summed E-state index contributed by atoms with van der Waals surface area (Å²) >= 11 is 0. The van der Waals surface area contributed by atoms with E-state index < -0.39 is 5.97 Å². The smallest absolute Gasteiger partial charge is 0.306 e. The van der Waals surface area contributed by atoms with Crippen LogP contribution in [0.1, 0.15) is 36.7 Å². The number of ketones is 1. The molecule has 0 saturated carbocycles. The molecule has 5 nitrogen and oxygen atoms in total. The largest absolute Gasteiger partial charge is 0.481 e. The summed E-state index contributed by atoms with van der Waals surface area (Å²) in [4.78, 5) is 25.3. The standard InChI is InChI=1S/C14H19NO4/c1-2-11(13(16)12-4-3-9-19-12)15-7-5-10(6-8-15)14(17)18/h3-4,9-11H,2,5-8H2,1H3,(H,17,18). The summed E-state index contributed by atoms with van der Waals surface area (Å²) in [6.07, 6.45) is 3.42. The van der Waals surface area contributed by atoms with Crippen molar-refractivity contribution in [3.63, 3.8) is 0 Å². The monoisotopic (exact) mass is 265 g/mol. The summed E-state index contributed by atoms with van der Waals surface area (Å²) in [7, 11) is 0. The van der Waals surface area contributed by atoms with Crippen molar-refractivity contribution >= 4 is 11.8 Å². The number of rotatable bonds is 5. The van der Waals surface area contributed by atoms with E-state index in [-0.39, 0.29) is 17.7 Å². The first-order chi connectivity index (χ1) is 9.13. The molecule has 0 amide bonds. The highest BCUT2D eigenvalue weighted by Gasteiger charge is 2.32. The molecule has 1 aliphatic rings. The number of Topliss-reactive ketones (excluding diaryl/α,β-unsaturated/α-hetero) is 1. The highest BCUT2D eigenvalue weighted by Crippen LogP contribution is 2.22. The molecule has 1 aromatic rings. The van der Waals surface area contributed by atoms with Crippen molar-refractivity contribution in [3.8, 4) is 0 Å². The first kappa shape index (κ1) is 13.8. The third-order valence-electron chi connectivity index (χ3n) is 3.77. The normalized spacial score (nSPS) is 19.2. The summed E-state index contributed by atoms with van der Waals surface area (Å²) in [5, 5.41) is 8.98. The molecule has 1 fully saturated rings. The van der Waals surface area contributed by atoms with Gasteiger partial charge in [-0.2, -0.15) is 0 Å². The molecule has 0 radical (unpaired) electrons. The predicted octanol–water partition coefficient (Wildman–Crippen LogP) is 2.04. The molecule has 0 spiro atoms. The van der Waals surface area contributed by atoms with E-state index in [1.807, 2.05) is 6.92 Å². The minimum atomic E-state index is -0.731. The van der Waals surface area contributed by atoms with Crippen molar-refractivity contribution in [2.45, 2.75) is 32.2 Å². The van der Waals surface area contributed by atoms with Gasteiger partial charge >= 0.3 is 5.97 Å². The maximum Gasteiger partial charge on any atom is 0.306 e. The number of nitrogens with zero attached hydrogens (tertiary/aromatic N) is 1. The molecule has 1 saturated heterocycles. The molecule has 1 aromatic heterocycles. The SMILES string of the molecule is CCC(C(=O)c1ccco1)N1CCC(C(=O)O)CC1. The van der Waals surface area contributed by atoms with E-state index in [1.165, 1.54) is 6.26 Å². The summed E-state index contributed by atoms with van der Waals surface area (Å²) in [6, 6.07) is 3.17. The van der Waals surface area contributed by atoms with Gasteiger partial charge in [0.25, 0.3) is 0 Å². The van der Waals surface area contributed by atoms with Crippen LogP contribution < -0.4 is 0 Å². The van der Waals surface area contributed by atoms with Crippen LogP contribution in [0.5, 0.6) is 0 Å². The zero-order chi connectivity index (χ0) is 13.8. The third kappa shape index (κ3) is 3.04. The van der Waals surface area contributed by atoms with Gasteiger partial charge in [0.15, 0.2) is 5.76 Å². The van der Waals surface area contributed by atoms with E-state index in [2.05, 4.69) is 4.90 Å². The predicted molar refractivity (Wildman–Crippen MR) is 69.1 cm³/mol. The van der Waals surface area contributed by atoms with Crippen molar-refractivity contribution in [2.75, 3.05) is 13.1 Å². The lowest BCUT2D eigenvalue weighted by atomic mass is 9.94. The third-order valence-corrected chi connectivity index (χ3v) is 3.77. The number of hydrogen-bond donors (Lipinski definition) is 1. The van der Waals surface area contributed by atoms with Gasteiger partial charge in [-0.1, -0.05) is 6.92 Å². The topological polar surface area (TPSA) is 70.8 Å². The number of carboxylic acid groups (broad SMARTS) is 1. The van der Waals surface area contributed by atoms with Gasteiger partial charge < -0.3 is 9.52 Å². The molecular weight excluding hydrogens is 246 g/mol. The lowest BCUT2D eigenvalue weighted by Crippen LogP contribution is -2.46. The van der Waals surface area contributed by atoms with Crippen LogP contribution in [0.15, 0.2) is 22.8 Å². The average molecular weight is 265 g/mol. The number of likely N-dealkylation sites (tertiary alicyclic amines) is 1. The van der Waals surface area contributed by atoms with Crippen LogP contribution in [0.25, 0.3) is 0 Å². The molecule has 5 heteroatoms.